The van der Waals surface area contributed by atoms with Gasteiger partial charge in [0.2, 0.25) is 0 Å². The molecule has 0 aliphatic rings. The van der Waals surface area contributed by atoms with E-state index < -0.39 is 11.6 Å². The zero-order valence-corrected chi connectivity index (χ0v) is 23.0. The van der Waals surface area contributed by atoms with Crippen molar-refractivity contribution in [2.45, 2.75) is 0 Å². The van der Waals surface area contributed by atoms with E-state index in [0.717, 1.165) is 11.1 Å². The second kappa shape index (κ2) is 11.8. The summed E-state index contributed by atoms with van der Waals surface area (Å²) >= 11 is 0. The summed E-state index contributed by atoms with van der Waals surface area (Å²) in [4.78, 5) is 9.28. The van der Waals surface area contributed by atoms with Gasteiger partial charge in [0.1, 0.15) is 23.1 Å². The van der Waals surface area contributed by atoms with Crippen LogP contribution in [0.3, 0.4) is 0 Å². The normalized spacial score (nSPS) is 11.5. The van der Waals surface area contributed by atoms with Gasteiger partial charge in [-0.1, -0.05) is 72.8 Å². The molecule has 7 heteroatoms. The Bertz CT molecular complexity index is 1830. The summed E-state index contributed by atoms with van der Waals surface area (Å²) in [5.74, 6) is -1.05. The van der Waals surface area contributed by atoms with Gasteiger partial charge in [-0.05, 0) is 47.2 Å². The van der Waals surface area contributed by atoms with Crippen LogP contribution in [0.1, 0.15) is 11.1 Å². The second-order valence-corrected chi connectivity index (χ2v) is 9.22. The summed E-state index contributed by atoms with van der Waals surface area (Å²) in [6, 6.07) is 30.7. The molecular formula is C34H22F2N2O2Pd. The van der Waals surface area contributed by atoms with Crippen LogP contribution < -0.4 is 0 Å². The first-order valence-electron chi connectivity index (χ1n) is 12.6. The first kappa shape index (κ1) is 27.9. The summed E-state index contributed by atoms with van der Waals surface area (Å²) < 4.78 is 29.4. The number of aromatic hydroxyl groups is 2. The van der Waals surface area contributed by atoms with Crippen molar-refractivity contribution < 1.29 is 39.4 Å². The van der Waals surface area contributed by atoms with E-state index in [1.54, 1.807) is 36.4 Å². The minimum absolute atomic E-state index is 0. The monoisotopic (exact) mass is 634 g/mol. The minimum Gasteiger partial charge on any atom is -0.507 e. The molecule has 0 saturated heterocycles. The number of rotatable bonds is 5. The maximum absolute atomic E-state index is 14.7. The van der Waals surface area contributed by atoms with Gasteiger partial charge in [-0.15, -0.1) is 0 Å². The predicted octanol–water partition coefficient (Wildman–Crippen LogP) is 8.85. The molecule has 0 aliphatic carbocycles. The molecule has 0 saturated carbocycles. The van der Waals surface area contributed by atoms with Crippen molar-refractivity contribution in [1.82, 2.24) is 0 Å². The van der Waals surface area contributed by atoms with Crippen LogP contribution >= 0.6 is 0 Å². The molecule has 0 aromatic heterocycles. The number of aliphatic imine (C=N–C) groups is 2. The van der Waals surface area contributed by atoms with Gasteiger partial charge in [-0.2, -0.15) is 0 Å². The number of benzene rings is 6. The Morgan fingerprint density at radius 1 is 0.488 bits per heavy atom. The third-order valence-corrected chi connectivity index (χ3v) is 6.79. The Morgan fingerprint density at radius 2 is 0.902 bits per heavy atom. The fourth-order valence-corrected chi connectivity index (χ4v) is 4.86. The van der Waals surface area contributed by atoms with E-state index in [0.29, 0.717) is 22.1 Å². The van der Waals surface area contributed by atoms with Crippen LogP contribution in [0, 0.1) is 11.6 Å². The Balaban J connectivity index is 0.00000337. The van der Waals surface area contributed by atoms with Crippen LogP contribution in [0.4, 0.5) is 20.2 Å². The maximum Gasteiger partial charge on any atom is 0.131 e. The van der Waals surface area contributed by atoms with Crippen molar-refractivity contribution in [3.63, 3.8) is 0 Å². The number of phenols is 2. The molecule has 204 valence electrons. The summed E-state index contributed by atoms with van der Waals surface area (Å²) in [6.07, 6.45) is 2.92. The summed E-state index contributed by atoms with van der Waals surface area (Å²) in [7, 11) is 0. The molecule has 0 radical (unpaired) electrons. The first-order valence-corrected chi connectivity index (χ1v) is 12.6. The van der Waals surface area contributed by atoms with Crippen LogP contribution in [0.15, 0.2) is 119 Å². The number of nitrogens with zero attached hydrogens (tertiary/aromatic N) is 2. The largest absolute Gasteiger partial charge is 0.507 e. The Labute approximate surface area is 248 Å². The van der Waals surface area contributed by atoms with Crippen LogP contribution in [0.2, 0.25) is 0 Å². The zero-order valence-electron chi connectivity index (χ0n) is 21.4. The maximum atomic E-state index is 14.7. The zero-order chi connectivity index (χ0) is 27.6. The summed E-state index contributed by atoms with van der Waals surface area (Å²) in [5, 5.41) is 22.9. The molecule has 6 rings (SSSR count). The predicted molar refractivity (Wildman–Crippen MR) is 158 cm³/mol. The number of hydrogen-bond donors (Lipinski definition) is 2. The Morgan fingerprint density at radius 3 is 1.34 bits per heavy atom. The fraction of sp³-hybridized carbons (Fsp3) is 0. The quantitative estimate of drug-likeness (QED) is 0.147. The third-order valence-electron chi connectivity index (χ3n) is 6.79. The van der Waals surface area contributed by atoms with E-state index in [1.165, 1.54) is 36.7 Å². The van der Waals surface area contributed by atoms with Crippen molar-refractivity contribution in [1.29, 1.82) is 0 Å². The van der Waals surface area contributed by atoms with E-state index in [1.807, 2.05) is 48.5 Å². The minimum atomic E-state index is -0.448. The summed E-state index contributed by atoms with van der Waals surface area (Å²) in [6.45, 7) is 0. The molecule has 0 amide bonds. The molecule has 6 aromatic rings. The smallest absolute Gasteiger partial charge is 0.131 e. The number of para-hydroxylation sites is 2. The van der Waals surface area contributed by atoms with Gasteiger partial charge in [0.15, 0.2) is 0 Å². The van der Waals surface area contributed by atoms with Crippen LogP contribution in [0.25, 0.3) is 32.7 Å². The van der Waals surface area contributed by atoms with Gasteiger partial charge in [0.25, 0.3) is 0 Å². The van der Waals surface area contributed by atoms with Crippen molar-refractivity contribution in [3.8, 4) is 22.6 Å². The van der Waals surface area contributed by atoms with Crippen LogP contribution in [-0.2, 0) is 20.4 Å². The SMILES string of the molecule is Oc1ccc2cccc(F)c2c1C=Nc1ccccc1-c1ccccc1N=Cc1c(O)ccc2cccc(F)c12.[Pd]. The van der Waals surface area contributed by atoms with E-state index in [4.69, 9.17) is 0 Å². The molecule has 2 N–H and O–H groups in total. The Hall–Kier alpha value is -4.70. The van der Waals surface area contributed by atoms with Gasteiger partial charge in [-0.25, -0.2) is 8.78 Å². The van der Waals surface area contributed by atoms with Crippen molar-refractivity contribution in [2.24, 2.45) is 9.98 Å². The van der Waals surface area contributed by atoms with Gasteiger partial charge in [0, 0.05) is 65.9 Å². The van der Waals surface area contributed by atoms with Gasteiger partial charge in [0.05, 0.1) is 11.4 Å². The van der Waals surface area contributed by atoms with Crippen molar-refractivity contribution in [3.05, 3.63) is 132 Å². The number of halogens is 2. The van der Waals surface area contributed by atoms with Gasteiger partial charge >= 0.3 is 0 Å². The second-order valence-electron chi connectivity index (χ2n) is 9.22. The molecule has 0 atom stereocenters. The number of phenolic OH excluding ortho intramolecular Hbond substituents is 2. The third kappa shape index (κ3) is 5.38. The van der Waals surface area contributed by atoms with Crippen LogP contribution in [0.5, 0.6) is 11.5 Å². The van der Waals surface area contributed by atoms with Crippen molar-refractivity contribution in [2.75, 3.05) is 0 Å². The average molecular weight is 635 g/mol. The van der Waals surface area contributed by atoms with Crippen LogP contribution in [-0.4, -0.2) is 22.6 Å². The molecule has 6 aromatic carbocycles. The van der Waals surface area contributed by atoms with E-state index >= 15 is 0 Å². The van der Waals surface area contributed by atoms with Gasteiger partial charge in [-0.3, -0.25) is 9.98 Å². The molecule has 41 heavy (non-hydrogen) atoms. The number of fused-ring (bicyclic) bond motifs is 2. The van der Waals surface area contributed by atoms with E-state index in [2.05, 4.69) is 9.98 Å². The molecule has 0 unspecified atom stereocenters. The average Bonchev–Trinajstić information content (AvgIpc) is 2.97. The number of hydrogen-bond acceptors (Lipinski definition) is 4. The molecule has 0 heterocycles. The topological polar surface area (TPSA) is 65.2 Å². The van der Waals surface area contributed by atoms with Crippen molar-refractivity contribution >= 4 is 45.3 Å². The first-order chi connectivity index (χ1) is 19.5. The Kier molecular flexibility index (Phi) is 8.02. The molecule has 0 aliphatic heterocycles. The molecular weight excluding hydrogens is 613 g/mol. The standard InChI is InChI=1S/C34H22F2N2O2.Pd/c35-27-11-5-7-21-15-17-31(39)25(33(21)27)19-37-29-13-3-1-9-23(29)24-10-2-4-14-30(24)38-20-26-32(40)18-16-22-8-6-12-28(36)34(22)26;/h1-20,39-40H;. The fourth-order valence-electron chi connectivity index (χ4n) is 4.86. The summed E-state index contributed by atoms with van der Waals surface area (Å²) in [5.41, 5.74) is 3.23. The molecule has 4 nitrogen and oxygen atoms in total. The van der Waals surface area contributed by atoms with Gasteiger partial charge < -0.3 is 10.2 Å². The van der Waals surface area contributed by atoms with E-state index in [9.17, 15) is 19.0 Å². The molecule has 0 spiro atoms. The van der Waals surface area contributed by atoms with E-state index in [-0.39, 0.29) is 53.8 Å². The molecule has 0 fully saturated rings. The molecule has 0 bridgehead atoms.